The van der Waals surface area contributed by atoms with Crippen LogP contribution in [0.5, 0.6) is 0 Å². The normalized spacial score (nSPS) is 23.4. The van der Waals surface area contributed by atoms with Gasteiger partial charge in [-0.2, -0.15) is 18.3 Å². The Morgan fingerprint density at radius 3 is 2.74 bits per heavy atom. The maximum absolute atomic E-state index is 13.4. The number of fused-ring (bicyclic) bond motifs is 10. The first kappa shape index (κ1) is 24.5. The second-order valence-corrected chi connectivity index (χ2v) is 11.6. The molecular weight excluding hydrogens is 525 g/mol. The lowest BCUT2D eigenvalue weighted by atomic mass is 9.63. The van der Waals surface area contributed by atoms with Gasteiger partial charge in [0.15, 0.2) is 0 Å². The van der Waals surface area contributed by atoms with E-state index in [-0.39, 0.29) is 5.95 Å². The largest absolute Gasteiger partial charge is 0.433 e. The van der Waals surface area contributed by atoms with Crippen molar-refractivity contribution in [3.63, 3.8) is 0 Å². The number of rotatable bonds is 2. The second kappa shape index (κ2) is 7.97. The predicted molar refractivity (Wildman–Crippen MR) is 143 cm³/mol. The molecule has 1 aromatic carbocycles. The minimum Gasteiger partial charge on any atom is -0.363 e. The van der Waals surface area contributed by atoms with Crippen molar-refractivity contribution in [2.75, 3.05) is 11.4 Å². The summed E-state index contributed by atoms with van der Waals surface area (Å²) in [6.07, 6.45) is 2.10. The summed E-state index contributed by atoms with van der Waals surface area (Å²) in [6, 6.07) is 9.33. The number of anilines is 1. The van der Waals surface area contributed by atoms with Crippen LogP contribution in [0.4, 0.5) is 19.1 Å². The van der Waals surface area contributed by atoms with Crippen LogP contribution in [0.3, 0.4) is 0 Å². The summed E-state index contributed by atoms with van der Waals surface area (Å²) in [5.74, 6) is 0.0705. The number of alkyl halides is 4. The van der Waals surface area contributed by atoms with Crippen molar-refractivity contribution in [1.29, 1.82) is 0 Å². The van der Waals surface area contributed by atoms with Crippen molar-refractivity contribution in [1.82, 2.24) is 24.7 Å². The Morgan fingerprint density at radius 1 is 1.15 bits per heavy atom. The molecule has 10 heteroatoms. The number of aromatic nitrogens is 5. The molecule has 2 atom stereocenters. The van der Waals surface area contributed by atoms with Crippen LogP contribution in [0, 0.1) is 0 Å². The Bertz CT molecular complexity index is 1680. The fraction of sp³-hybridized carbons (Fsp3) is 0.345. The van der Waals surface area contributed by atoms with E-state index in [4.69, 9.17) is 16.7 Å². The molecular formula is C29H26ClF3N6. The molecule has 4 aromatic rings. The number of halogens is 4. The van der Waals surface area contributed by atoms with Crippen molar-refractivity contribution in [3.8, 4) is 5.69 Å². The molecule has 0 fully saturated rings. The van der Waals surface area contributed by atoms with Crippen LogP contribution in [0.1, 0.15) is 65.8 Å². The van der Waals surface area contributed by atoms with Gasteiger partial charge < -0.3 is 9.88 Å². The maximum Gasteiger partial charge on any atom is 0.433 e. The molecule has 200 valence electrons. The van der Waals surface area contributed by atoms with E-state index in [0.717, 1.165) is 57.5 Å². The van der Waals surface area contributed by atoms with Crippen LogP contribution in [-0.4, -0.2) is 31.3 Å². The topological polar surface area (TPSA) is 62.6 Å². The molecule has 0 saturated heterocycles. The summed E-state index contributed by atoms with van der Waals surface area (Å²) in [4.78, 5) is 12.5. The molecule has 0 radical (unpaired) electrons. The number of para-hydroxylation sites is 1. The van der Waals surface area contributed by atoms with Gasteiger partial charge in [-0.25, -0.2) is 14.6 Å². The van der Waals surface area contributed by atoms with Crippen molar-refractivity contribution in [2.45, 2.75) is 56.6 Å². The molecule has 0 bridgehead atoms. The quantitative estimate of drug-likeness (QED) is 0.297. The van der Waals surface area contributed by atoms with E-state index in [1.165, 1.54) is 11.8 Å². The van der Waals surface area contributed by atoms with Gasteiger partial charge in [0.05, 0.1) is 22.5 Å². The van der Waals surface area contributed by atoms with Crippen molar-refractivity contribution >= 4 is 23.1 Å². The molecule has 3 aromatic heterocycles. The zero-order chi connectivity index (χ0) is 27.3. The highest BCUT2D eigenvalue weighted by Gasteiger charge is 2.52. The molecule has 0 amide bonds. The SMILES string of the molecule is CCc1cccc2c1-n1nc3c(c1C1(C)C2=CC(C)(Cl)c2[nH]ccc21)CN(c1nccc(C(F)(F)F)n1)CC3. The number of aryl methyl sites for hydroxylation is 1. The Labute approximate surface area is 228 Å². The van der Waals surface area contributed by atoms with Crippen LogP contribution < -0.4 is 4.90 Å². The maximum atomic E-state index is 13.4. The van der Waals surface area contributed by atoms with Gasteiger partial charge in [-0.05, 0) is 49.1 Å². The standard InChI is InChI=1S/C29H26ClF3N6/c1-4-16-6-5-7-17-20-14-27(2,30)24-19(8-11-34-24)28(20,3)25-18-15-38(13-10-21(18)37-39(25)23(16)17)26-35-12-9-22(36-26)29(31,32)33/h5-9,11-12,14,34H,4,10,13,15H2,1-3H3. The minimum atomic E-state index is -4.54. The molecule has 39 heavy (non-hydrogen) atoms. The first-order chi connectivity index (χ1) is 18.5. The van der Waals surface area contributed by atoms with Gasteiger partial charge in [0.1, 0.15) is 10.6 Å². The molecule has 2 unspecified atom stereocenters. The fourth-order valence-electron chi connectivity index (χ4n) is 6.65. The molecule has 7 rings (SSSR count). The zero-order valence-corrected chi connectivity index (χ0v) is 22.5. The highest BCUT2D eigenvalue weighted by molar-refractivity contribution is 6.26. The van der Waals surface area contributed by atoms with Crippen molar-refractivity contribution in [3.05, 3.63) is 93.8 Å². The highest BCUT2D eigenvalue weighted by atomic mass is 35.5. The van der Waals surface area contributed by atoms with Gasteiger partial charge in [0.25, 0.3) is 0 Å². The number of H-pyrrole nitrogens is 1. The lowest BCUT2D eigenvalue weighted by Gasteiger charge is -2.45. The van der Waals surface area contributed by atoms with Gasteiger partial charge in [-0.1, -0.05) is 31.2 Å². The molecule has 5 heterocycles. The van der Waals surface area contributed by atoms with Crippen LogP contribution in [0.25, 0.3) is 11.3 Å². The average molecular weight is 551 g/mol. The van der Waals surface area contributed by atoms with Gasteiger partial charge in [-0.15, -0.1) is 11.6 Å². The number of aromatic amines is 1. The summed E-state index contributed by atoms with van der Waals surface area (Å²) in [7, 11) is 0. The summed E-state index contributed by atoms with van der Waals surface area (Å²) in [5.41, 5.74) is 7.86. The number of allylic oxidation sites excluding steroid dienone is 2. The van der Waals surface area contributed by atoms with E-state index >= 15 is 0 Å². The lowest BCUT2D eigenvalue weighted by Crippen LogP contribution is -2.41. The monoisotopic (exact) mass is 550 g/mol. The van der Waals surface area contributed by atoms with Crippen molar-refractivity contribution in [2.24, 2.45) is 0 Å². The number of benzene rings is 1. The van der Waals surface area contributed by atoms with Gasteiger partial charge in [0, 0.05) is 48.7 Å². The van der Waals surface area contributed by atoms with Crippen LogP contribution in [0.2, 0.25) is 0 Å². The fourth-order valence-corrected chi connectivity index (χ4v) is 6.91. The summed E-state index contributed by atoms with van der Waals surface area (Å²) in [5, 5.41) is 5.15. The minimum absolute atomic E-state index is 0.0705. The Hall–Kier alpha value is -3.59. The van der Waals surface area contributed by atoms with Gasteiger partial charge >= 0.3 is 6.18 Å². The highest BCUT2D eigenvalue weighted by Crippen LogP contribution is 2.58. The molecule has 0 saturated carbocycles. The summed E-state index contributed by atoms with van der Waals surface area (Å²) < 4.78 is 42.4. The van der Waals surface area contributed by atoms with Crippen LogP contribution in [-0.2, 0) is 35.9 Å². The molecule has 6 nitrogen and oxygen atoms in total. The van der Waals surface area contributed by atoms with E-state index in [9.17, 15) is 13.2 Å². The lowest BCUT2D eigenvalue weighted by molar-refractivity contribution is -0.141. The Morgan fingerprint density at radius 2 is 1.97 bits per heavy atom. The molecule has 2 aliphatic heterocycles. The Kier molecular flexibility index (Phi) is 5.00. The van der Waals surface area contributed by atoms with Crippen molar-refractivity contribution < 1.29 is 13.2 Å². The number of hydrogen-bond acceptors (Lipinski definition) is 4. The first-order valence-electron chi connectivity index (χ1n) is 13.0. The van der Waals surface area contributed by atoms with Crippen LogP contribution >= 0.6 is 11.6 Å². The van der Waals surface area contributed by atoms with Gasteiger partial charge in [-0.3, -0.25) is 0 Å². The third-order valence-electron chi connectivity index (χ3n) is 8.46. The third-order valence-corrected chi connectivity index (χ3v) is 8.75. The molecule has 1 N–H and O–H groups in total. The van der Waals surface area contributed by atoms with E-state index < -0.39 is 22.2 Å². The third kappa shape index (κ3) is 3.32. The predicted octanol–water partition coefficient (Wildman–Crippen LogP) is 6.30. The van der Waals surface area contributed by atoms with E-state index in [0.29, 0.717) is 19.5 Å². The first-order valence-corrected chi connectivity index (χ1v) is 13.4. The smallest absolute Gasteiger partial charge is 0.363 e. The zero-order valence-electron chi connectivity index (χ0n) is 21.7. The van der Waals surface area contributed by atoms with Gasteiger partial charge in [0.2, 0.25) is 5.95 Å². The second-order valence-electron chi connectivity index (χ2n) is 10.8. The van der Waals surface area contributed by atoms with E-state index in [2.05, 4.69) is 63.8 Å². The number of nitrogens with one attached hydrogen (secondary N) is 1. The molecule has 3 aliphatic rings. The number of hydrogen-bond donors (Lipinski definition) is 1. The Balaban J connectivity index is 1.47. The summed E-state index contributed by atoms with van der Waals surface area (Å²) >= 11 is 7.12. The average Bonchev–Trinajstić information content (AvgIpc) is 3.56. The van der Waals surface area contributed by atoms with E-state index in [1.54, 1.807) is 0 Å². The summed E-state index contributed by atoms with van der Waals surface area (Å²) in [6.45, 7) is 7.16. The molecule has 0 spiro atoms. The van der Waals surface area contributed by atoms with E-state index in [1.807, 2.05) is 18.0 Å². The molecule has 1 aliphatic carbocycles. The van der Waals surface area contributed by atoms with Crippen LogP contribution in [0.15, 0.2) is 48.8 Å². The number of nitrogens with zero attached hydrogens (tertiary/aromatic N) is 5.